The number of benzene rings is 1. The predicted molar refractivity (Wildman–Crippen MR) is 84.0 cm³/mol. The van der Waals surface area contributed by atoms with E-state index < -0.39 is 0 Å². The molecule has 0 radical (unpaired) electrons. The molecule has 0 aromatic heterocycles. The fourth-order valence-corrected chi connectivity index (χ4v) is 1.69. The van der Waals surface area contributed by atoms with E-state index in [0.717, 1.165) is 6.54 Å². The molecule has 2 N–H and O–H groups in total. The lowest BCUT2D eigenvalue weighted by molar-refractivity contribution is -0.132. The molecule has 1 aromatic carbocycles. The summed E-state index contributed by atoms with van der Waals surface area (Å²) in [6.45, 7) is 1.45. The molecule has 0 saturated heterocycles. The van der Waals surface area contributed by atoms with Gasteiger partial charge in [-0.25, -0.2) is 0 Å². The van der Waals surface area contributed by atoms with Crippen molar-refractivity contribution in [1.82, 2.24) is 9.80 Å². The van der Waals surface area contributed by atoms with E-state index in [0.29, 0.717) is 17.9 Å². The average molecular weight is 295 g/mol. The lowest BCUT2D eigenvalue weighted by atomic mass is 10.2. The van der Waals surface area contributed by atoms with E-state index in [-0.39, 0.29) is 17.5 Å². The van der Waals surface area contributed by atoms with Crippen molar-refractivity contribution in [2.75, 3.05) is 40.8 Å². The monoisotopic (exact) mass is 295 g/mol. The van der Waals surface area contributed by atoms with Crippen molar-refractivity contribution in [2.45, 2.75) is 0 Å². The minimum Gasteiger partial charge on any atom is -0.483 e. The number of rotatable bonds is 7. The Kier molecular flexibility index (Phi) is 6.41. The zero-order valence-corrected chi connectivity index (χ0v) is 12.9. The minimum atomic E-state index is -0.0791. The quantitative estimate of drug-likeness (QED) is 0.751. The maximum Gasteiger partial charge on any atom is 0.260 e. The summed E-state index contributed by atoms with van der Waals surface area (Å²) in [5.74, 6) is 0.457. The van der Waals surface area contributed by atoms with Crippen LogP contribution in [0.5, 0.6) is 5.75 Å². The normalized spacial score (nSPS) is 10.4. The van der Waals surface area contributed by atoms with Crippen molar-refractivity contribution in [3.8, 4) is 5.75 Å². The molecule has 1 aromatic rings. The van der Waals surface area contributed by atoms with E-state index in [9.17, 15) is 4.79 Å². The van der Waals surface area contributed by atoms with Crippen LogP contribution in [0.25, 0.3) is 0 Å². The number of carbonyl (C=O) groups is 1. The van der Waals surface area contributed by atoms with E-state index >= 15 is 0 Å². The highest BCUT2D eigenvalue weighted by Gasteiger charge is 2.12. The molecule has 0 aliphatic heterocycles. The number of nitrogens with two attached hydrogens (primary N) is 1. The van der Waals surface area contributed by atoms with Crippen molar-refractivity contribution in [3.05, 3.63) is 29.8 Å². The van der Waals surface area contributed by atoms with Gasteiger partial charge in [0.2, 0.25) is 0 Å². The molecule has 1 rings (SSSR count). The number of hydrogen-bond donors (Lipinski definition) is 1. The molecule has 1 amide bonds. The van der Waals surface area contributed by atoms with Crippen molar-refractivity contribution in [1.29, 1.82) is 0 Å². The SMILES string of the molecule is CN(C)CCN(C)C(=O)COc1ccccc1C(N)=S. The Balaban J connectivity index is 2.55. The zero-order valence-electron chi connectivity index (χ0n) is 12.1. The molecular weight excluding hydrogens is 274 g/mol. The summed E-state index contributed by atoms with van der Waals surface area (Å²) >= 11 is 4.95. The van der Waals surface area contributed by atoms with Gasteiger partial charge in [-0.2, -0.15) is 0 Å². The summed E-state index contributed by atoms with van der Waals surface area (Å²) in [6.07, 6.45) is 0. The molecule has 0 atom stereocenters. The van der Waals surface area contributed by atoms with Gasteiger partial charge in [0.05, 0.1) is 5.56 Å². The fraction of sp³-hybridized carbons (Fsp3) is 0.429. The Morgan fingerprint density at radius 2 is 1.90 bits per heavy atom. The second kappa shape index (κ2) is 7.81. The second-order valence-corrected chi connectivity index (χ2v) is 5.21. The Morgan fingerprint density at radius 3 is 2.50 bits per heavy atom. The van der Waals surface area contributed by atoms with Gasteiger partial charge in [0.15, 0.2) is 6.61 Å². The molecule has 20 heavy (non-hydrogen) atoms. The molecule has 0 bridgehead atoms. The first-order valence-electron chi connectivity index (χ1n) is 6.32. The van der Waals surface area contributed by atoms with Gasteiger partial charge in [0, 0.05) is 20.1 Å². The summed E-state index contributed by atoms with van der Waals surface area (Å²) < 4.78 is 5.52. The molecule has 6 heteroatoms. The van der Waals surface area contributed by atoms with E-state index in [1.165, 1.54) is 0 Å². The summed E-state index contributed by atoms with van der Waals surface area (Å²) in [7, 11) is 5.69. The predicted octanol–water partition coefficient (Wildman–Crippen LogP) is 0.720. The smallest absolute Gasteiger partial charge is 0.260 e. The van der Waals surface area contributed by atoms with Crippen molar-refractivity contribution in [3.63, 3.8) is 0 Å². The maximum atomic E-state index is 11.9. The van der Waals surface area contributed by atoms with Gasteiger partial charge >= 0.3 is 0 Å². The summed E-state index contributed by atoms with van der Waals surface area (Å²) in [6, 6.07) is 7.17. The van der Waals surface area contributed by atoms with Crippen LogP contribution in [-0.2, 0) is 4.79 Å². The van der Waals surface area contributed by atoms with Crippen LogP contribution in [0.3, 0.4) is 0 Å². The number of para-hydroxylation sites is 1. The third kappa shape index (κ3) is 5.14. The van der Waals surface area contributed by atoms with Gasteiger partial charge in [-0.1, -0.05) is 24.4 Å². The van der Waals surface area contributed by atoms with Crippen LogP contribution in [0.1, 0.15) is 5.56 Å². The Bertz CT molecular complexity index is 477. The van der Waals surface area contributed by atoms with Crippen LogP contribution >= 0.6 is 12.2 Å². The third-order valence-corrected chi connectivity index (χ3v) is 3.03. The lowest BCUT2D eigenvalue weighted by Crippen LogP contribution is -2.36. The first kappa shape index (κ1) is 16.4. The number of ether oxygens (including phenoxy) is 1. The highest BCUT2D eigenvalue weighted by Crippen LogP contribution is 2.17. The largest absolute Gasteiger partial charge is 0.483 e. The van der Waals surface area contributed by atoms with Gasteiger partial charge in [0.25, 0.3) is 5.91 Å². The van der Waals surface area contributed by atoms with Gasteiger partial charge in [-0.15, -0.1) is 0 Å². The van der Waals surface area contributed by atoms with E-state index in [4.69, 9.17) is 22.7 Å². The number of likely N-dealkylation sites (N-methyl/N-ethyl adjacent to an activating group) is 2. The molecule has 0 fully saturated rings. The summed E-state index contributed by atoms with van der Waals surface area (Å²) in [5.41, 5.74) is 6.26. The molecule has 0 spiro atoms. The van der Waals surface area contributed by atoms with Crippen LogP contribution in [0.2, 0.25) is 0 Å². The minimum absolute atomic E-state index is 0.0243. The van der Waals surface area contributed by atoms with Gasteiger partial charge in [0.1, 0.15) is 10.7 Å². The molecule has 0 heterocycles. The maximum absolute atomic E-state index is 11.9. The van der Waals surface area contributed by atoms with Gasteiger partial charge < -0.3 is 20.3 Å². The molecule has 0 saturated carbocycles. The highest BCUT2D eigenvalue weighted by molar-refractivity contribution is 7.80. The number of nitrogens with zero attached hydrogens (tertiary/aromatic N) is 2. The standard InChI is InChI=1S/C14H21N3O2S/c1-16(2)8-9-17(3)13(18)10-19-12-7-5-4-6-11(12)14(15)20/h4-7H,8-10H2,1-3H3,(H2,15,20). The van der Waals surface area contributed by atoms with E-state index in [2.05, 4.69) is 0 Å². The lowest BCUT2D eigenvalue weighted by Gasteiger charge is -2.20. The molecule has 0 aliphatic rings. The molecule has 110 valence electrons. The molecular formula is C14H21N3O2S. The van der Waals surface area contributed by atoms with Crippen LogP contribution in [-0.4, -0.2) is 61.5 Å². The van der Waals surface area contributed by atoms with Crippen LogP contribution in [0.15, 0.2) is 24.3 Å². The van der Waals surface area contributed by atoms with Crippen LogP contribution < -0.4 is 10.5 Å². The van der Waals surface area contributed by atoms with Crippen molar-refractivity contribution >= 4 is 23.1 Å². The van der Waals surface area contributed by atoms with Crippen LogP contribution in [0, 0.1) is 0 Å². The van der Waals surface area contributed by atoms with Crippen LogP contribution in [0.4, 0.5) is 0 Å². The topological polar surface area (TPSA) is 58.8 Å². The first-order valence-corrected chi connectivity index (χ1v) is 6.73. The number of thiocarbonyl (C=S) groups is 1. The van der Waals surface area contributed by atoms with Gasteiger partial charge in [-0.3, -0.25) is 4.79 Å². The molecule has 5 nitrogen and oxygen atoms in total. The highest BCUT2D eigenvalue weighted by atomic mass is 32.1. The molecule has 0 aliphatic carbocycles. The third-order valence-electron chi connectivity index (χ3n) is 2.81. The Morgan fingerprint density at radius 1 is 1.25 bits per heavy atom. The summed E-state index contributed by atoms with van der Waals surface area (Å²) in [5, 5.41) is 0. The number of carbonyl (C=O) groups excluding carboxylic acids is 1. The number of hydrogen-bond acceptors (Lipinski definition) is 4. The second-order valence-electron chi connectivity index (χ2n) is 4.77. The van der Waals surface area contributed by atoms with Crippen molar-refractivity contribution < 1.29 is 9.53 Å². The Labute approximate surface area is 125 Å². The summed E-state index contributed by atoms with van der Waals surface area (Å²) in [4.78, 5) is 15.8. The molecule has 0 unspecified atom stereocenters. The van der Waals surface area contributed by atoms with E-state index in [1.807, 2.05) is 31.1 Å². The van der Waals surface area contributed by atoms with Gasteiger partial charge in [-0.05, 0) is 26.2 Å². The fourth-order valence-electron chi connectivity index (χ4n) is 1.52. The zero-order chi connectivity index (χ0) is 15.1. The first-order chi connectivity index (χ1) is 9.41. The Hall–Kier alpha value is -1.66. The van der Waals surface area contributed by atoms with E-state index in [1.54, 1.807) is 24.1 Å². The van der Waals surface area contributed by atoms with Crippen molar-refractivity contribution in [2.24, 2.45) is 5.73 Å². The average Bonchev–Trinajstić information content (AvgIpc) is 2.42. The number of amides is 1.